The van der Waals surface area contributed by atoms with Gasteiger partial charge in [0.15, 0.2) is 11.1 Å². The number of aliphatic carboxylic acids is 1. The maximum Gasteiger partial charge on any atom is 0.322 e. The summed E-state index contributed by atoms with van der Waals surface area (Å²) in [5, 5.41) is 13.4. The predicted octanol–water partition coefficient (Wildman–Crippen LogP) is 2.06. The van der Waals surface area contributed by atoms with Gasteiger partial charge >= 0.3 is 5.97 Å². The van der Waals surface area contributed by atoms with E-state index in [0.29, 0.717) is 0 Å². The number of nitrogens with one attached hydrogen (secondary N) is 2. The number of nitrogens with zero attached hydrogens (tertiary/aromatic N) is 2. The standard InChI is InChI=1S/C16H11ClF2N4O4S/c17-14-7(8(18)1-2-9(14)19)5-28-11-3-10(24)13(15-21-6-22-23(11)15)16(27)20-4-12(25)26/h1-3,6H,4-5H2,(H,20,27)(H,21,22)(H,25,26). The fraction of sp³-hybridized carbons (Fsp3) is 0.125. The molecule has 1 amide bonds. The molecule has 146 valence electrons. The average molecular weight is 429 g/mol. The fourth-order valence-electron chi connectivity index (χ4n) is 2.38. The summed E-state index contributed by atoms with van der Waals surface area (Å²) in [5.41, 5.74) is -1.16. The summed E-state index contributed by atoms with van der Waals surface area (Å²) in [4.78, 5) is 39.0. The number of thioether (sulfide) groups is 1. The lowest BCUT2D eigenvalue weighted by Gasteiger charge is -2.09. The minimum Gasteiger partial charge on any atom is -0.480 e. The highest BCUT2D eigenvalue weighted by atomic mass is 35.5. The number of carboxylic acids is 1. The first kappa shape index (κ1) is 19.8. The Morgan fingerprint density at radius 1 is 1.32 bits per heavy atom. The van der Waals surface area contributed by atoms with Gasteiger partial charge in [0.05, 0.1) is 5.02 Å². The Kier molecular flexibility index (Phi) is 5.66. The zero-order chi connectivity index (χ0) is 20.4. The van der Waals surface area contributed by atoms with E-state index < -0.39 is 35.5 Å². The Morgan fingerprint density at radius 2 is 2.04 bits per heavy atom. The van der Waals surface area contributed by atoms with Gasteiger partial charge in [-0.05, 0) is 12.1 Å². The van der Waals surface area contributed by atoms with Crippen molar-refractivity contribution in [3.8, 4) is 0 Å². The van der Waals surface area contributed by atoms with Crippen LogP contribution in [0.3, 0.4) is 0 Å². The number of amides is 1. The van der Waals surface area contributed by atoms with Crippen LogP contribution < -0.4 is 10.7 Å². The van der Waals surface area contributed by atoms with Crippen molar-refractivity contribution in [1.29, 1.82) is 0 Å². The maximum absolute atomic E-state index is 13.9. The quantitative estimate of drug-likeness (QED) is 0.409. The number of halogens is 3. The first-order chi connectivity index (χ1) is 13.3. The van der Waals surface area contributed by atoms with Crippen molar-refractivity contribution in [3.05, 3.63) is 62.5 Å². The van der Waals surface area contributed by atoms with E-state index in [1.54, 1.807) is 0 Å². The van der Waals surface area contributed by atoms with Gasteiger partial charge in [-0.2, -0.15) is 0 Å². The van der Waals surface area contributed by atoms with Crippen molar-refractivity contribution in [1.82, 2.24) is 19.9 Å². The number of hydrogen-bond donors (Lipinski definition) is 3. The van der Waals surface area contributed by atoms with Crippen LogP contribution in [0.4, 0.5) is 8.78 Å². The number of hydrogen-bond acceptors (Lipinski definition) is 5. The van der Waals surface area contributed by atoms with Gasteiger partial charge in [0.2, 0.25) is 0 Å². The molecule has 0 saturated carbocycles. The molecule has 2 aromatic heterocycles. The summed E-state index contributed by atoms with van der Waals surface area (Å²) >= 11 is 6.77. The molecule has 12 heteroatoms. The van der Waals surface area contributed by atoms with Gasteiger partial charge in [0.25, 0.3) is 5.91 Å². The van der Waals surface area contributed by atoms with Gasteiger partial charge in [-0.3, -0.25) is 19.5 Å². The number of H-pyrrole nitrogens is 1. The first-order valence-electron chi connectivity index (χ1n) is 7.64. The zero-order valence-electron chi connectivity index (χ0n) is 13.8. The number of benzene rings is 1. The highest BCUT2D eigenvalue weighted by Crippen LogP contribution is 2.30. The van der Waals surface area contributed by atoms with Gasteiger partial charge in [0.1, 0.15) is 35.1 Å². The summed E-state index contributed by atoms with van der Waals surface area (Å²) in [6.45, 7) is -0.664. The first-order valence-corrected chi connectivity index (χ1v) is 9.00. The van der Waals surface area contributed by atoms with E-state index in [4.69, 9.17) is 16.7 Å². The van der Waals surface area contributed by atoms with Gasteiger partial charge in [-0.1, -0.05) is 11.6 Å². The number of carbonyl (C=O) groups excluding carboxylic acids is 1. The fourth-order valence-corrected chi connectivity index (χ4v) is 3.71. The molecule has 0 unspecified atom stereocenters. The third-order valence-corrected chi connectivity index (χ3v) is 5.10. The molecule has 1 aromatic carbocycles. The zero-order valence-corrected chi connectivity index (χ0v) is 15.4. The van der Waals surface area contributed by atoms with E-state index >= 15 is 0 Å². The monoisotopic (exact) mass is 428 g/mol. The summed E-state index contributed by atoms with van der Waals surface area (Å²) in [5.74, 6) is -3.72. The van der Waals surface area contributed by atoms with E-state index in [0.717, 1.165) is 30.0 Å². The molecule has 3 aromatic rings. The molecule has 3 N–H and O–H groups in total. The second kappa shape index (κ2) is 7.98. The Hall–Kier alpha value is -2.92. The van der Waals surface area contributed by atoms with Gasteiger partial charge < -0.3 is 10.4 Å². The molecule has 0 fully saturated rings. The van der Waals surface area contributed by atoms with E-state index in [1.165, 1.54) is 10.8 Å². The van der Waals surface area contributed by atoms with Crippen LogP contribution in [0.25, 0.3) is 5.65 Å². The molecule has 0 atom stereocenters. The van der Waals surface area contributed by atoms with Crippen molar-refractivity contribution in [3.63, 3.8) is 0 Å². The number of aromatic nitrogens is 3. The summed E-state index contributed by atoms with van der Waals surface area (Å²) in [7, 11) is 0. The Balaban J connectivity index is 1.95. The molecule has 2 heterocycles. The van der Waals surface area contributed by atoms with Gasteiger partial charge in [-0.25, -0.2) is 18.3 Å². The molecule has 0 bridgehead atoms. The van der Waals surface area contributed by atoms with E-state index in [9.17, 15) is 23.2 Å². The molecule has 8 nitrogen and oxygen atoms in total. The topological polar surface area (TPSA) is 117 Å². The molecule has 0 saturated heterocycles. The molecule has 28 heavy (non-hydrogen) atoms. The lowest BCUT2D eigenvalue weighted by atomic mass is 10.2. The van der Waals surface area contributed by atoms with Crippen LogP contribution in [0.5, 0.6) is 0 Å². The number of aromatic amines is 1. The minimum absolute atomic E-state index is 0.0382. The SMILES string of the molecule is O=C(O)CNC(=O)c1c(=O)cc(SCc2c(F)ccc(F)c2Cl)n2[nH]cnc12. The molecule has 0 spiro atoms. The number of carboxylic acid groups (broad SMARTS) is 1. The van der Waals surface area contributed by atoms with Crippen LogP contribution in [-0.4, -0.2) is 38.1 Å². The second-order valence-corrected chi connectivity index (χ2v) is 6.83. The molecule has 0 radical (unpaired) electrons. The molecule has 0 aliphatic carbocycles. The number of pyridine rings is 1. The minimum atomic E-state index is -1.27. The summed E-state index contributed by atoms with van der Waals surface area (Å²) in [6.07, 6.45) is 1.22. The van der Waals surface area contributed by atoms with E-state index in [2.05, 4.69) is 15.4 Å². The Morgan fingerprint density at radius 3 is 2.75 bits per heavy atom. The third-order valence-electron chi connectivity index (χ3n) is 3.66. The highest BCUT2D eigenvalue weighted by molar-refractivity contribution is 7.98. The lowest BCUT2D eigenvalue weighted by Crippen LogP contribution is -2.33. The largest absolute Gasteiger partial charge is 0.480 e. The average Bonchev–Trinajstić information content (AvgIpc) is 3.12. The lowest BCUT2D eigenvalue weighted by molar-refractivity contribution is -0.135. The molecular weight excluding hydrogens is 418 g/mol. The van der Waals surface area contributed by atoms with E-state index in [1.807, 2.05) is 0 Å². The highest BCUT2D eigenvalue weighted by Gasteiger charge is 2.20. The normalized spacial score (nSPS) is 11.0. The van der Waals surface area contributed by atoms with Gasteiger partial charge in [0, 0.05) is 17.4 Å². The number of fused-ring (bicyclic) bond motifs is 1. The predicted molar refractivity (Wildman–Crippen MR) is 96.7 cm³/mol. The van der Waals surface area contributed by atoms with Crippen molar-refractivity contribution < 1.29 is 23.5 Å². The van der Waals surface area contributed by atoms with Crippen molar-refractivity contribution in [2.45, 2.75) is 10.8 Å². The smallest absolute Gasteiger partial charge is 0.322 e. The van der Waals surface area contributed by atoms with Crippen LogP contribution in [-0.2, 0) is 10.5 Å². The van der Waals surface area contributed by atoms with Crippen LogP contribution in [0.15, 0.2) is 34.3 Å². The molecule has 0 aliphatic rings. The van der Waals surface area contributed by atoms with Crippen LogP contribution in [0.2, 0.25) is 5.02 Å². The van der Waals surface area contributed by atoms with Crippen molar-refractivity contribution >= 4 is 40.9 Å². The Labute approximate surface area is 164 Å². The molecule has 0 aliphatic heterocycles. The van der Waals surface area contributed by atoms with Crippen LogP contribution in [0, 0.1) is 11.6 Å². The summed E-state index contributed by atoms with van der Waals surface area (Å²) < 4.78 is 28.8. The number of rotatable bonds is 6. The number of carbonyl (C=O) groups is 2. The van der Waals surface area contributed by atoms with E-state index in [-0.39, 0.29) is 32.6 Å². The van der Waals surface area contributed by atoms with Crippen molar-refractivity contribution in [2.24, 2.45) is 0 Å². The van der Waals surface area contributed by atoms with Crippen LogP contribution in [0.1, 0.15) is 15.9 Å². The van der Waals surface area contributed by atoms with Gasteiger partial charge in [-0.15, -0.1) is 11.8 Å². The van der Waals surface area contributed by atoms with Crippen LogP contribution >= 0.6 is 23.4 Å². The second-order valence-electron chi connectivity index (χ2n) is 5.45. The third kappa shape index (κ3) is 3.85. The Bertz CT molecular complexity index is 1150. The summed E-state index contributed by atoms with van der Waals surface area (Å²) in [6, 6.07) is 2.97. The molecule has 3 rings (SSSR count). The molecular formula is C16H11ClF2N4O4S. The maximum atomic E-state index is 13.9. The van der Waals surface area contributed by atoms with Crippen molar-refractivity contribution in [2.75, 3.05) is 6.54 Å².